The predicted molar refractivity (Wildman–Crippen MR) is 181 cm³/mol. The van der Waals surface area contributed by atoms with Crippen LogP contribution in [0.3, 0.4) is 0 Å². The molecule has 3 aromatic carbocycles. The predicted octanol–water partition coefficient (Wildman–Crippen LogP) is 8.24. The van der Waals surface area contributed by atoms with Crippen LogP contribution >= 0.6 is 0 Å². The van der Waals surface area contributed by atoms with Crippen LogP contribution in [0.5, 0.6) is 11.5 Å². The highest BCUT2D eigenvalue weighted by atomic mass is 16.6. The number of piperidine rings is 1. The van der Waals surface area contributed by atoms with Gasteiger partial charge in [-0.2, -0.15) is 0 Å². The number of likely N-dealkylation sites (tertiary alicyclic amines) is 1. The van der Waals surface area contributed by atoms with Gasteiger partial charge in [0.2, 0.25) is 0 Å². The highest BCUT2D eigenvalue weighted by molar-refractivity contribution is 5.60. The maximum absolute atomic E-state index is 12.2. The van der Waals surface area contributed by atoms with E-state index in [2.05, 4.69) is 99.3 Å². The molecule has 2 aliphatic heterocycles. The molecule has 1 aliphatic carbocycles. The van der Waals surface area contributed by atoms with Gasteiger partial charge in [-0.15, -0.1) is 0 Å². The Hall–Kier alpha value is -2.86. The summed E-state index contributed by atoms with van der Waals surface area (Å²) in [5, 5.41) is 12.2. The van der Waals surface area contributed by atoms with E-state index in [1.165, 1.54) is 16.7 Å². The Morgan fingerprint density at radius 2 is 1.69 bits per heavy atom. The maximum atomic E-state index is 12.2. The zero-order valence-corrected chi connectivity index (χ0v) is 28.2. The maximum Gasteiger partial charge on any atom is 0.165 e. The number of rotatable bonds is 11. The van der Waals surface area contributed by atoms with Gasteiger partial charge in [0.25, 0.3) is 0 Å². The Labute approximate surface area is 270 Å². The zero-order chi connectivity index (χ0) is 31.8. The Bertz CT molecular complexity index is 1440. The standard InChI is InChI=1S/C40H53NO4/c1-7-9-22-38(5,42)32-25-39(8-2)29(4)41(26-30-16-12-10-13-17-30)24-23-40(39)34-28(3)20-21-33(36(34)45-37(40)35(32)43-6)44-27-31-18-14-11-15-19-31/h10-21,29,32,35,37,42H,7-9,22-27H2,1-6H3/t29-,32?,35?,37+,38+,39-,40?/m1/s1. The van der Waals surface area contributed by atoms with Gasteiger partial charge in [0.1, 0.15) is 18.8 Å². The highest BCUT2D eigenvalue weighted by Gasteiger charge is 2.72. The van der Waals surface area contributed by atoms with Gasteiger partial charge in [-0.3, -0.25) is 4.90 Å². The van der Waals surface area contributed by atoms with Gasteiger partial charge >= 0.3 is 0 Å². The van der Waals surface area contributed by atoms with E-state index in [-0.39, 0.29) is 35.0 Å². The number of nitrogens with zero attached hydrogens (tertiary/aromatic N) is 1. The molecule has 1 spiro atoms. The Morgan fingerprint density at radius 3 is 2.33 bits per heavy atom. The third-order valence-corrected chi connectivity index (χ3v) is 12.0. The summed E-state index contributed by atoms with van der Waals surface area (Å²) < 4.78 is 20.3. The minimum absolute atomic E-state index is 0.0606. The molecule has 3 unspecified atom stereocenters. The normalized spacial score (nSPS) is 30.5. The zero-order valence-electron chi connectivity index (χ0n) is 28.2. The highest BCUT2D eigenvalue weighted by Crippen LogP contribution is 2.69. The van der Waals surface area contributed by atoms with Crippen LogP contribution in [0.15, 0.2) is 72.8 Å². The van der Waals surface area contributed by atoms with Crippen LogP contribution in [-0.2, 0) is 23.3 Å². The van der Waals surface area contributed by atoms with Gasteiger partial charge in [-0.1, -0.05) is 93.4 Å². The van der Waals surface area contributed by atoms with Crippen molar-refractivity contribution in [3.05, 3.63) is 95.1 Å². The first kappa shape index (κ1) is 32.1. The molecule has 2 fully saturated rings. The van der Waals surface area contributed by atoms with Crippen molar-refractivity contribution in [2.24, 2.45) is 11.3 Å². The van der Waals surface area contributed by atoms with E-state index >= 15 is 0 Å². The van der Waals surface area contributed by atoms with E-state index in [1.54, 1.807) is 0 Å². The summed E-state index contributed by atoms with van der Waals surface area (Å²) in [6, 6.07) is 25.8. The van der Waals surface area contributed by atoms with Crippen molar-refractivity contribution in [1.29, 1.82) is 0 Å². The van der Waals surface area contributed by atoms with Crippen LogP contribution in [0.25, 0.3) is 0 Å². The molecular weight excluding hydrogens is 558 g/mol. The number of unbranched alkanes of at least 4 members (excludes halogenated alkanes) is 1. The molecule has 2 heterocycles. The lowest BCUT2D eigenvalue weighted by Gasteiger charge is -2.66. The Morgan fingerprint density at radius 1 is 1.00 bits per heavy atom. The molecule has 45 heavy (non-hydrogen) atoms. The molecule has 0 amide bonds. The van der Waals surface area contributed by atoms with Crippen molar-refractivity contribution in [3.8, 4) is 11.5 Å². The minimum atomic E-state index is -0.869. The number of hydrogen-bond donors (Lipinski definition) is 1. The van der Waals surface area contributed by atoms with Crippen molar-refractivity contribution in [2.45, 2.75) is 116 Å². The van der Waals surface area contributed by atoms with Crippen LogP contribution in [0.4, 0.5) is 0 Å². The topological polar surface area (TPSA) is 51.2 Å². The summed E-state index contributed by atoms with van der Waals surface area (Å²) >= 11 is 0. The molecule has 5 heteroatoms. The van der Waals surface area contributed by atoms with Crippen LogP contribution in [-0.4, -0.2) is 47.5 Å². The average Bonchev–Trinajstić information content (AvgIpc) is 3.42. The summed E-state index contributed by atoms with van der Waals surface area (Å²) in [5.74, 6) is 1.62. The summed E-state index contributed by atoms with van der Waals surface area (Å²) in [6.07, 6.45) is 5.20. The second-order valence-corrected chi connectivity index (χ2v) is 14.2. The molecule has 242 valence electrons. The third kappa shape index (κ3) is 5.29. The van der Waals surface area contributed by atoms with Crippen LogP contribution in [0, 0.1) is 18.3 Å². The van der Waals surface area contributed by atoms with Gasteiger partial charge in [0.15, 0.2) is 11.5 Å². The fourth-order valence-electron chi connectivity index (χ4n) is 9.63. The fourth-order valence-corrected chi connectivity index (χ4v) is 9.63. The number of benzene rings is 3. The molecule has 1 saturated carbocycles. The summed E-state index contributed by atoms with van der Waals surface area (Å²) in [6.45, 7) is 13.7. The SMILES string of the molecule is CCCC[C@](C)(O)C1C[C@]2(CC)[C@@H](C)N(Cc3ccccc3)CCC23c2c(C)ccc(OCc4ccccc4)c2O[C@H]3C1OC. The third-order valence-electron chi connectivity index (χ3n) is 12.0. The molecule has 6 rings (SSSR count). The van der Waals surface area contributed by atoms with Gasteiger partial charge in [0.05, 0.1) is 5.60 Å². The largest absolute Gasteiger partial charge is 0.485 e. The molecule has 0 aromatic heterocycles. The van der Waals surface area contributed by atoms with Crippen LogP contribution in [0.1, 0.15) is 88.5 Å². The lowest BCUT2D eigenvalue weighted by molar-refractivity contribution is -0.217. The van der Waals surface area contributed by atoms with Gasteiger partial charge < -0.3 is 19.3 Å². The fraction of sp³-hybridized carbons (Fsp3) is 0.550. The number of ether oxygens (including phenoxy) is 3. The quantitative estimate of drug-likeness (QED) is 0.237. The molecule has 0 bridgehead atoms. The first-order valence-electron chi connectivity index (χ1n) is 17.2. The molecular formula is C40H53NO4. The molecule has 3 aliphatic rings. The van der Waals surface area contributed by atoms with Crippen molar-refractivity contribution in [2.75, 3.05) is 13.7 Å². The lowest BCUT2D eigenvalue weighted by atomic mass is 9.42. The van der Waals surface area contributed by atoms with Crippen molar-refractivity contribution < 1.29 is 19.3 Å². The molecule has 5 nitrogen and oxygen atoms in total. The van der Waals surface area contributed by atoms with E-state index in [9.17, 15) is 5.11 Å². The average molecular weight is 612 g/mol. The number of methoxy groups -OCH3 is 1. The molecule has 1 N–H and O–H groups in total. The Balaban J connectivity index is 1.49. The Kier molecular flexibility index (Phi) is 9.08. The van der Waals surface area contributed by atoms with E-state index < -0.39 is 5.60 Å². The van der Waals surface area contributed by atoms with Crippen LogP contribution < -0.4 is 9.47 Å². The van der Waals surface area contributed by atoms with Crippen LogP contribution in [0.2, 0.25) is 0 Å². The summed E-state index contributed by atoms with van der Waals surface area (Å²) in [7, 11) is 1.82. The smallest absolute Gasteiger partial charge is 0.165 e. The van der Waals surface area contributed by atoms with E-state index in [0.717, 1.165) is 68.7 Å². The molecule has 7 atom stereocenters. The first-order valence-corrected chi connectivity index (χ1v) is 17.2. The number of hydrogen-bond acceptors (Lipinski definition) is 5. The summed E-state index contributed by atoms with van der Waals surface area (Å²) in [4.78, 5) is 2.69. The lowest BCUT2D eigenvalue weighted by Crippen LogP contribution is -2.73. The first-order chi connectivity index (χ1) is 21.7. The monoisotopic (exact) mass is 611 g/mol. The van der Waals surface area contributed by atoms with E-state index in [4.69, 9.17) is 14.2 Å². The van der Waals surface area contributed by atoms with Crippen molar-refractivity contribution in [3.63, 3.8) is 0 Å². The summed E-state index contributed by atoms with van der Waals surface area (Å²) in [5.41, 5.74) is 3.76. The van der Waals surface area contributed by atoms with Gasteiger partial charge in [0, 0.05) is 36.6 Å². The molecule has 1 saturated heterocycles. The van der Waals surface area contributed by atoms with Crippen molar-refractivity contribution in [1.82, 2.24) is 4.90 Å². The second-order valence-electron chi connectivity index (χ2n) is 14.2. The minimum Gasteiger partial charge on any atom is -0.485 e. The van der Waals surface area contributed by atoms with Gasteiger partial charge in [-0.05, 0) is 81.2 Å². The van der Waals surface area contributed by atoms with Gasteiger partial charge in [-0.25, -0.2) is 0 Å². The molecule has 0 radical (unpaired) electrons. The second kappa shape index (κ2) is 12.7. The number of aliphatic hydroxyl groups is 1. The number of aryl methyl sites for hydroxylation is 1. The number of fused-ring (bicyclic) bond motifs is 1. The van der Waals surface area contributed by atoms with E-state index in [1.807, 2.05) is 20.1 Å². The van der Waals surface area contributed by atoms with Crippen molar-refractivity contribution >= 4 is 0 Å². The molecule has 3 aromatic rings. The van der Waals surface area contributed by atoms with E-state index in [0.29, 0.717) is 6.61 Å².